The molecule has 1 aliphatic heterocycles. The summed E-state index contributed by atoms with van der Waals surface area (Å²) in [4.78, 5) is 2.46. The number of aryl methyl sites for hydroxylation is 1. The van der Waals surface area contributed by atoms with Crippen molar-refractivity contribution in [2.75, 3.05) is 44.9 Å². The number of aromatic hydroxyl groups is 1. The van der Waals surface area contributed by atoms with Gasteiger partial charge < -0.3 is 9.84 Å². The lowest BCUT2D eigenvalue weighted by Crippen LogP contribution is -2.37. The van der Waals surface area contributed by atoms with E-state index in [2.05, 4.69) is 11.2 Å². The molecule has 0 unspecified atom stereocenters. The molecule has 18 heavy (non-hydrogen) atoms. The largest absolute Gasteiger partial charge is 0.508 e. The second-order valence-corrected chi connectivity index (χ2v) is 5.27. The second kappa shape index (κ2) is 9.25. The summed E-state index contributed by atoms with van der Waals surface area (Å²) in [6.45, 7) is 7.31. The first kappa shape index (κ1) is 15.3. The molecule has 0 aliphatic carbocycles. The lowest BCUT2D eigenvalue weighted by Gasteiger charge is -2.25. The van der Waals surface area contributed by atoms with Gasteiger partial charge >= 0.3 is 0 Å². The number of ether oxygens (including phenoxy) is 1. The predicted octanol–water partition coefficient (Wildman–Crippen LogP) is 2.38. The molecule has 102 valence electrons. The van der Waals surface area contributed by atoms with E-state index in [0.717, 1.165) is 26.3 Å². The Balaban J connectivity index is 0.000000184. The van der Waals surface area contributed by atoms with Gasteiger partial charge in [0, 0.05) is 25.4 Å². The Morgan fingerprint density at radius 2 is 1.83 bits per heavy atom. The fraction of sp³-hybridized carbons (Fsp3) is 0.571. The number of rotatable bonds is 3. The van der Waals surface area contributed by atoms with Crippen LogP contribution in [0.25, 0.3) is 0 Å². The van der Waals surface area contributed by atoms with Crippen LogP contribution in [0.4, 0.5) is 0 Å². The first-order valence-corrected chi connectivity index (χ1v) is 7.66. The van der Waals surface area contributed by atoms with Crippen LogP contribution in [0.2, 0.25) is 0 Å². The van der Waals surface area contributed by atoms with Crippen molar-refractivity contribution >= 4 is 11.8 Å². The van der Waals surface area contributed by atoms with Crippen molar-refractivity contribution in [2.45, 2.75) is 6.92 Å². The van der Waals surface area contributed by atoms with E-state index in [-0.39, 0.29) is 0 Å². The molecule has 1 saturated heterocycles. The molecular weight excluding hydrogens is 246 g/mol. The molecule has 3 nitrogen and oxygen atoms in total. The van der Waals surface area contributed by atoms with Crippen LogP contribution < -0.4 is 0 Å². The van der Waals surface area contributed by atoms with E-state index in [1.807, 2.05) is 30.8 Å². The molecule has 1 heterocycles. The quantitative estimate of drug-likeness (QED) is 0.913. The summed E-state index contributed by atoms with van der Waals surface area (Å²) in [5, 5.41) is 8.76. The molecule has 1 aromatic carbocycles. The van der Waals surface area contributed by atoms with Gasteiger partial charge in [0.2, 0.25) is 0 Å². The highest BCUT2D eigenvalue weighted by Crippen LogP contribution is 2.07. The van der Waals surface area contributed by atoms with Crippen molar-refractivity contribution in [3.05, 3.63) is 29.8 Å². The van der Waals surface area contributed by atoms with Gasteiger partial charge in [-0.2, -0.15) is 11.8 Å². The minimum atomic E-state index is 0.329. The van der Waals surface area contributed by atoms with Crippen molar-refractivity contribution in [3.8, 4) is 5.75 Å². The minimum Gasteiger partial charge on any atom is -0.508 e. The molecule has 1 aromatic rings. The maximum atomic E-state index is 8.76. The van der Waals surface area contributed by atoms with Crippen molar-refractivity contribution < 1.29 is 9.84 Å². The summed E-state index contributed by atoms with van der Waals surface area (Å²) in [5.74, 6) is 1.58. The van der Waals surface area contributed by atoms with E-state index in [9.17, 15) is 0 Å². The van der Waals surface area contributed by atoms with Crippen molar-refractivity contribution in [3.63, 3.8) is 0 Å². The van der Waals surface area contributed by atoms with Crippen LogP contribution in [0.5, 0.6) is 5.75 Å². The zero-order valence-electron chi connectivity index (χ0n) is 11.3. The van der Waals surface area contributed by atoms with Crippen molar-refractivity contribution in [2.24, 2.45) is 0 Å². The summed E-state index contributed by atoms with van der Waals surface area (Å²) >= 11 is 1.91. The van der Waals surface area contributed by atoms with Crippen molar-refractivity contribution in [1.29, 1.82) is 0 Å². The van der Waals surface area contributed by atoms with Crippen molar-refractivity contribution in [1.82, 2.24) is 4.90 Å². The van der Waals surface area contributed by atoms with E-state index in [0.29, 0.717) is 5.75 Å². The molecule has 0 radical (unpaired) electrons. The normalized spacial score (nSPS) is 15.9. The predicted molar refractivity (Wildman–Crippen MR) is 78.5 cm³/mol. The van der Waals surface area contributed by atoms with Gasteiger partial charge in [-0.25, -0.2) is 0 Å². The molecular formula is C14H23NO2S. The van der Waals surface area contributed by atoms with Gasteiger partial charge in [-0.3, -0.25) is 4.90 Å². The van der Waals surface area contributed by atoms with Crippen LogP contribution in [-0.4, -0.2) is 54.9 Å². The molecule has 0 saturated carbocycles. The number of benzene rings is 1. The van der Waals surface area contributed by atoms with Gasteiger partial charge in [0.15, 0.2) is 0 Å². The first-order valence-electron chi connectivity index (χ1n) is 6.27. The third-order valence-corrected chi connectivity index (χ3v) is 3.34. The Hall–Kier alpha value is -0.710. The second-order valence-electron chi connectivity index (χ2n) is 4.28. The van der Waals surface area contributed by atoms with Crippen LogP contribution >= 0.6 is 11.8 Å². The topological polar surface area (TPSA) is 32.7 Å². The first-order chi connectivity index (χ1) is 8.72. The van der Waals surface area contributed by atoms with Gasteiger partial charge in [0.05, 0.1) is 13.2 Å². The molecule has 1 fully saturated rings. The SMILES string of the molecule is CSCCN1CCOCC1.Cc1ccc(O)cc1. The molecule has 0 spiro atoms. The number of thioether (sulfide) groups is 1. The molecule has 0 aromatic heterocycles. The molecule has 4 heteroatoms. The molecule has 0 bridgehead atoms. The summed E-state index contributed by atoms with van der Waals surface area (Å²) in [6, 6.07) is 7.09. The van der Waals surface area contributed by atoms with Crippen LogP contribution in [0.15, 0.2) is 24.3 Å². The number of hydrogen-bond acceptors (Lipinski definition) is 4. The molecule has 0 atom stereocenters. The highest BCUT2D eigenvalue weighted by molar-refractivity contribution is 7.98. The molecule has 0 amide bonds. The maximum absolute atomic E-state index is 8.76. The Bertz CT molecular complexity index is 289. The van der Waals surface area contributed by atoms with Gasteiger partial charge in [-0.05, 0) is 25.3 Å². The summed E-state index contributed by atoms with van der Waals surface area (Å²) < 4.78 is 5.23. The zero-order chi connectivity index (χ0) is 13.2. The van der Waals surface area contributed by atoms with Crippen LogP contribution in [0, 0.1) is 6.92 Å². The summed E-state index contributed by atoms with van der Waals surface area (Å²) in [5.41, 5.74) is 1.17. The lowest BCUT2D eigenvalue weighted by atomic mass is 10.2. The van der Waals surface area contributed by atoms with E-state index < -0.39 is 0 Å². The smallest absolute Gasteiger partial charge is 0.115 e. The number of morpholine rings is 1. The lowest BCUT2D eigenvalue weighted by molar-refractivity contribution is 0.0410. The fourth-order valence-corrected chi connectivity index (χ4v) is 2.03. The zero-order valence-corrected chi connectivity index (χ0v) is 12.1. The van der Waals surface area contributed by atoms with Crippen LogP contribution in [0.3, 0.4) is 0 Å². The average molecular weight is 269 g/mol. The van der Waals surface area contributed by atoms with E-state index in [1.165, 1.54) is 17.9 Å². The Morgan fingerprint density at radius 3 is 2.33 bits per heavy atom. The highest BCUT2D eigenvalue weighted by atomic mass is 32.2. The van der Waals surface area contributed by atoms with E-state index in [4.69, 9.17) is 9.84 Å². The van der Waals surface area contributed by atoms with Gasteiger partial charge in [-0.1, -0.05) is 17.7 Å². The van der Waals surface area contributed by atoms with Crippen LogP contribution in [0.1, 0.15) is 5.56 Å². The minimum absolute atomic E-state index is 0.329. The Morgan fingerprint density at radius 1 is 1.22 bits per heavy atom. The fourth-order valence-electron chi connectivity index (χ4n) is 1.59. The number of hydrogen-bond donors (Lipinski definition) is 1. The Labute approximate surface area is 114 Å². The third-order valence-electron chi connectivity index (χ3n) is 2.75. The van der Waals surface area contributed by atoms with Gasteiger partial charge in [0.25, 0.3) is 0 Å². The third kappa shape index (κ3) is 6.89. The molecule has 1 aliphatic rings. The van der Waals surface area contributed by atoms with Crippen LogP contribution in [-0.2, 0) is 4.74 Å². The number of phenolic OH excluding ortho intramolecular Hbond substituents is 1. The van der Waals surface area contributed by atoms with E-state index >= 15 is 0 Å². The highest BCUT2D eigenvalue weighted by Gasteiger charge is 2.08. The Kier molecular flexibility index (Phi) is 7.89. The summed E-state index contributed by atoms with van der Waals surface area (Å²) in [6.07, 6.45) is 2.15. The van der Waals surface area contributed by atoms with E-state index in [1.54, 1.807) is 12.1 Å². The molecule has 1 N–H and O–H groups in total. The molecule has 2 rings (SSSR count). The standard InChI is InChI=1S/C7H15NOS.C7H8O/c1-10-7-4-8-2-5-9-6-3-8;1-6-2-4-7(8)5-3-6/h2-7H2,1H3;2-5,8H,1H3. The van der Waals surface area contributed by atoms with Gasteiger partial charge in [-0.15, -0.1) is 0 Å². The summed E-state index contributed by atoms with van der Waals surface area (Å²) in [7, 11) is 0. The maximum Gasteiger partial charge on any atom is 0.115 e. The van der Waals surface area contributed by atoms with Gasteiger partial charge in [0.1, 0.15) is 5.75 Å². The monoisotopic (exact) mass is 269 g/mol. The number of phenols is 1. The number of nitrogens with zero attached hydrogens (tertiary/aromatic N) is 1. The average Bonchev–Trinajstić information content (AvgIpc) is 2.42.